The van der Waals surface area contributed by atoms with Gasteiger partial charge in [0, 0.05) is 0 Å². The molecule has 1 unspecified atom stereocenters. The van der Waals surface area contributed by atoms with Crippen molar-refractivity contribution < 1.29 is 14.3 Å². The van der Waals surface area contributed by atoms with Crippen LogP contribution in [0.1, 0.15) is 13.8 Å². The summed E-state index contributed by atoms with van der Waals surface area (Å²) < 4.78 is 4.38. The van der Waals surface area contributed by atoms with Crippen LogP contribution in [0.2, 0.25) is 0 Å². The Hall–Kier alpha value is -1.10. The lowest BCUT2D eigenvalue weighted by atomic mass is 10.0. The van der Waals surface area contributed by atoms with E-state index in [4.69, 9.17) is 5.73 Å². The topological polar surface area (TPSA) is 81.4 Å². The molecule has 0 heterocycles. The van der Waals surface area contributed by atoms with Crippen molar-refractivity contribution >= 4 is 11.9 Å². The monoisotopic (exact) mass is 188 g/mol. The first-order valence-corrected chi connectivity index (χ1v) is 4.10. The third-order valence-corrected chi connectivity index (χ3v) is 1.67. The van der Waals surface area contributed by atoms with Crippen molar-refractivity contribution in [3.05, 3.63) is 0 Å². The Morgan fingerprint density at radius 3 is 2.31 bits per heavy atom. The van der Waals surface area contributed by atoms with Crippen molar-refractivity contribution in [3.8, 4) is 0 Å². The van der Waals surface area contributed by atoms with Gasteiger partial charge in [0.05, 0.1) is 19.7 Å². The zero-order chi connectivity index (χ0) is 10.4. The van der Waals surface area contributed by atoms with E-state index in [-0.39, 0.29) is 18.2 Å². The molecule has 5 heteroatoms. The fraction of sp³-hybridized carbons (Fsp3) is 0.750. The summed E-state index contributed by atoms with van der Waals surface area (Å²) >= 11 is 0. The zero-order valence-corrected chi connectivity index (χ0v) is 8.16. The highest BCUT2D eigenvalue weighted by molar-refractivity contribution is 5.88. The fourth-order valence-corrected chi connectivity index (χ4v) is 0.932. The van der Waals surface area contributed by atoms with Gasteiger partial charge < -0.3 is 15.8 Å². The molecular weight excluding hydrogens is 172 g/mol. The molecule has 0 fully saturated rings. The first kappa shape index (κ1) is 11.9. The maximum Gasteiger partial charge on any atom is 0.407 e. The summed E-state index contributed by atoms with van der Waals surface area (Å²) in [5.41, 5.74) is 5.19. The van der Waals surface area contributed by atoms with Crippen LogP contribution in [0.4, 0.5) is 4.79 Å². The molecule has 0 bridgehead atoms. The molecule has 0 saturated carbocycles. The molecule has 5 nitrogen and oxygen atoms in total. The summed E-state index contributed by atoms with van der Waals surface area (Å²) in [7, 11) is 1.25. The van der Waals surface area contributed by atoms with Crippen LogP contribution in [-0.2, 0) is 9.53 Å². The van der Waals surface area contributed by atoms with Crippen LogP contribution in [-0.4, -0.2) is 31.6 Å². The Morgan fingerprint density at radius 1 is 1.46 bits per heavy atom. The van der Waals surface area contributed by atoms with E-state index >= 15 is 0 Å². The zero-order valence-electron chi connectivity index (χ0n) is 8.16. The Kier molecular flexibility index (Phi) is 5.06. The maximum absolute atomic E-state index is 11.2. The van der Waals surface area contributed by atoms with Gasteiger partial charge in [-0.15, -0.1) is 0 Å². The van der Waals surface area contributed by atoms with Gasteiger partial charge in [-0.2, -0.15) is 0 Å². The minimum Gasteiger partial charge on any atom is -0.453 e. The second kappa shape index (κ2) is 5.53. The van der Waals surface area contributed by atoms with Gasteiger partial charge in [0.25, 0.3) is 0 Å². The van der Waals surface area contributed by atoms with E-state index in [1.165, 1.54) is 7.11 Å². The number of carbonyl (C=O) groups excluding carboxylic acids is 2. The van der Waals surface area contributed by atoms with Crippen LogP contribution < -0.4 is 11.1 Å². The van der Waals surface area contributed by atoms with Gasteiger partial charge in [-0.3, -0.25) is 4.79 Å². The molecule has 1 amide bonds. The summed E-state index contributed by atoms with van der Waals surface area (Å²) in [5, 5.41) is 2.43. The number of amides is 1. The van der Waals surface area contributed by atoms with Crippen LogP contribution in [0.25, 0.3) is 0 Å². The number of nitrogens with two attached hydrogens (primary N) is 1. The van der Waals surface area contributed by atoms with E-state index in [2.05, 4.69) is 10.1 Å². The van der Waals surface area contributed by atoms with Gasteiger partial charge in [-0.1, -0.05) is 13.8 Å². The number of Topliss-reactive ketones (excluding diaryl/α,β-unsaturated/α-hetero) is 1. The summed E-state index contributed by atoms with van der Waals surface area (Å²) in [6.07, 6.45) is -0.611. The van der Waals surface area contributed by atoms with Gasteiger partial charge in [0.2, 0.25) is 0 Å². The number of rotatable bonds is 4. The van der Waals surface area contributed by atoms with Crippen molar-refractivity contribution in [3.63, 3.8) is 0 Å². The molecule has 0 saturated heterocycles. The normalized spacial score (nSPS) is 12.4. The first-order chi connectivity index (χ1) is 6.02. The largest absolute Gasteiger partial charge is 0.453 e. The number of carbonyl (C=O) groups is 2. The van der Waals surface area contributed by atoms with Crippen LogP contribution in [0.3, 0.4) is 0 Å². The molecule has 0 aliphatic carbocycles. The highest BCUT2D eigenvalue weighted by Gasteiger charge is 2.22. The molecule has 0 spiro atoms. The van der Waals surface area contributed by atoms with E-state index in [0.29, 0.717) is 0 Å². The number of ether oxygens (including phenoxy) is 1. The van der Waals surface area contributed by atoms with Crippen LogP contribution >= 0.6 is 0 Å². The Labute approximate surface area is 77.6 Å². The van der Waals surface area contributed by atoms with Crippen molar-refractivity contribution in [2.45, 2.75) is 19.9 Å². The Balaban J connectivity index is 4.26. The molecule has 0 aromatic heterocycles. The smallest absolute Gasteiger partial charge is 0.407 e. The molecule has 0 aliphatic rings. The van der Waals surface area contributed by atoms with Gasteiger partial charge >= 0.3 is 6.09 Å². The van der Waals surface area contributed by atoms with Crippen molar-refractivity contribution in [2.24, 2.45) is 11.7 Å². The van der Waals surface area contributed by atoms with Gasteiger partial charge in [0.15, 0.2) is 5.78 Å². The fourth-order valence-electron chi connectivity index (χ4n) is 0.932. The second-order valence-electron chi connectivity index (χ2n) is 3.03. The maximum atomic E-state index is 11.2. The number of methoxy groups -OCH3 is 1. The van der Waals surface area contributed by atoms with Gasteiger partial charge in [0.1, 0.15) is 0 Å². The Bertz CT molecular complexity index is 192. The van der Waals surface area contributed by atoms with Crippen LogP contribution in [0, 0.1) is 5.92 Å². The SMILES string of the molecule is COC(=O)NC(C(=O)CN)C(C)C. The molecule has 0 rings (SSSR count). The third-order valence-electron chi connectivity index (χ3n) is 1.67. The van der Waals surface area contributed by atoms with E-state index in [1.54, 1.807) is 0 Å². The predicted molar refractivity (Wildman–Crippen MR) is 48.2 cm³/mol. The minimum atomic E-state index is -0.611. The average Bonchev–Trinajstić information content (AvgIpc) is 2.11. The van der Waals surface area contributed by atoms with Crippen LogP contribution in [0.15, 0.2) is 0 Å². The number of hydrogen-bond donors (Lipinski definition) is 2. The number of ketones is 1. The lowest BCUT2D eigenvalue weighted by Crippen LogP contribution is -2.46. The Morgan fingerprint density at radius 2 is 2.00 bits per heavy atom. The molecule has 13 heavy (non-hydrogen) atoms. The lowest BCUT2D eigenvalue weighted by Gasteiger charge is -2.19. The van der Waals surface area contributed by atoms with Gasteiger partial charge in [-0.05, 0) is 5.92 Å². The lowest BCUT2D eigenvalue weighted by molar-refractivity contribution is -0.120. The van der Waals surface area contributed by atoms with E-state index in [0.717, 1.165) is 0 Å². The molecule has 0 aliphatic heterocycles. The van der Waals surface area contributed by atoms with Crippen molar-refractivity contribution in [1.29, 1.82) is 0 Å². The van der Waals surface area contributed by atoms with Crippen LogP contribution in [0.5, 0.6) is 0 Å². The molecule has 0 radical (unpaired) electrons. The molecule has 0 aromatic rings. The standard InChI is InChI=1S/C8H16N2O3/c1-5(2)7(6(11)4-9)10-8(12)13-3/h5,7H,4,9H2,1-3H3,(H,10,12). The third kappa shape index (κ3) is 3.89. The van der Waals surface area contributed by atoms with Crippen molar-refractivity contribution in [1.82, 2.24) is 5.32 Å². The molecule has 76 valence electrons. The average molecular weight is 188 g/mol. The highest BCUT2D eigenvalue weighted by Crippen LogP contribution is 2.02. The van der Waals surface area contributed by atoms with E-state index in [9.17, 15) is 9.59 Å². The molecule has 0 aromatic carbocycles. The number of hydrogen-bond acceptors (Lipinski definition) is 4. The van der Waals surface area contributed by atoms with Gasteiger partial charge in [-0.25, -0.2) is 4.79 Å². The molecule has 3 N–H and O–H groups in total. The van der Waals surface area contributed by atoms with E-state index < -0.39 is 12.1 Å². The molecule has 1 atom stereocenters. The number of alkyl carbamates (subject to hydrolysis) is 1. The highest BCUT2D eigenvalue weighted by atomic mass is 16.5. The molecular formula is C8H16N2O3. The summed E-state index contributed by atoms with van der Waals surface area (Å²) in [5.74, 6) is -0.185. The quantitative estimate of drug-likeness (QED) is 0.645. The summed E-state index contributed by atoms with van der Waals surface area (Å²) in [6, 6.07) is -0.558. The first-order valence-electron chi connectivity index (χ1n) is 4.10. The minimum absolute atomic E-state index is 0.00940. The second-order valence-corrected chi connectivity index (χ2v) is 3.03. The number of nitrogens with one attached hydrogen (secondary N) is 1. The summed E-state index contributed by atoms with van der Waals surface area (Å²) in [6.45, 7) is 3.58. The predicted octanol–water partition coefficient (Wildman–Crippen LogP) is -0.105. The van der Waals surface area contributed by atoms with E-state index in [1.807, 2.05) is 13.8 Å². The summed E-state index contributed by atoms with van der Waals surface area (Å²) in [4.78, 5) is 22.0. The van der Waals surface area contributed by atoms with Crippen molar-refractivity contribution in [2.75, 3.05) is 13.7 Å².